The molecule has 0 saturated carbocycles. The Hall–Kier alpha value is -3.60. The van der Waals surface area contributed by atoms with Gasteiger partial charge in [0, 0.05) is 11.8 Å². The highest BCUT2D eigenvalue weighted by Crippen LogP contribution is 2.28. The molecule has 154 valence electrons. The highest BCUT2D eigenvalue weighted by atomic mass is 32.2. The van der Waals surface area contributed by atoms with Gasteiger partial charge in [0.25, 0.3) is 0 Å². The van der Waals surface area contributed by atoms with Gasteiger partial charge < -0.3 is 9.92 Å². The molecule has 30 heavy (non-hydrogen) atoms. The highest BCUT2D eigenvalue weighted by molar-refractivity contribution is 7.87. The molecule has 0 saturated heterocycles. The van der Waals surface area contributed by atoms with Gasteiger partial charge in [-0.3, -0.25) is 0 Å². The van der Waals surface area contributed by atoms with Crippen LogP contribution in [0, 0.1) is 5.82 Å². The van der Waals surface area contributed by atoms with Crippen LogP contribution in [0.25, 0.3) is 22.6 Å². The third-order valence-electron chi connectivity index (χ3n) is 4.35. The largest absolute Gasteiger partial charge is 0.380 e. The molecule has 0 bridgehead atoms. The van der Waals surface area contributed by atoms with Gasteiger partial charge in [-0.25, -0.2) is 24.0 Å². The van der Waals surface area contributed by atoms with E-state index >= 15 is 0 Å². The molecule has 0 aliphatic heterocycles. The second-order valence-electron chi connectivity index (χ2n) is 6.35. The Balaban J connectivity index is 1.77. The van der Waals surface area contributed by atoms with Crippen LogP contribution in [0.5, 0.6) is 5.75 Å². The minimum Gasteiger partial charge on any atom is -0.380 e. The molecule has 3 aromatic heterocycles. The third-order valence-corrected chi connectivity index (χ3v) is 5.49. The highest BCUT2D eigenvalue weighted by Gasteiger charge is 2.19. The van der Waals surface area contributed by atoms with E-state index in [0.717, 1.165) is 0 Å². The maximum Gasteiger partial charge on any atom is 0.309 e. The molecule has 4 aromatic rings. The summed E-state index contributed by atoms with van der Waals surface area (Å²) in [6.45, 7) is 1.60. The van der Waals surface area contributed by atoms with Gasteiger partial charge in [-0.2, -0.15) is 13.5 Å². The number of rotatable bonds is 6. The Morgan fingerprint density at radius 3 is 2.70 bits per heavy atom. The first-order valence-electron chi connectivity index (χ1n) is 8.98. The molecule has 0 aliphatic carbocycles. The summed E-state index contributed by atoms with van der Waals surface area (Å²) in [4.78, 5) is 12.6. The van der Waals surface area contributed by atoms with Gasteiger partial charge in [0.1, 0.15) is 11.5 Å². The van der Waals surface area contributed by atoms with Crippen molar-refractivity contribution in [1.82, 2.24) is 24.7 Å². The summed E-state index contributed by atoms with van der Waals surface area (Å²) >= 11 is 0. The monoisotopic (exact) mass is 428 g/mol. The number of benzene rings is 1. The van der Waals surface area contributed by atoms with Crippen molar-refractivity contribution >= 4 is 27.0 Å². The Labute approximate surface area is 171 Å². The number of hydrogen-bond donors (Lipinski definition) is 1. The Bertz CT molecular complexity index is 1340. The maximum atomic E-state index is 14.1. The summed E-state index contributed by atoms with van der Waals surface area (Å²) in [5.74, 6) is -0.700. The number of nitrogens with zero attached hydrogens (tertiary/aromatic N) is 5. The molecule has 0 atom stereocenters. The van der Waals surface area contributed by atoms with Crippen molar-refractivity contribution in [3.8, 4) is 17.3 Å². The summed E-state index contributed by atoms with van der Waals surface area (Å²) < 4.78 is 43.9. The average molecular weight is 428 g/mol. The van der Waals surface area contributed by atoms with Crippen LogP contribution in [-0.4, -0.2) is 38.9 Å². The molecule has 0 amide bonds. The van der Waals surface area contributed by atoms with E-state index < -0.39 is 10.1 Å². The van der Waals surface area contributed by atoms with Crippen molar-refractivity contribution in [1.29, 1.82) is 0 Å². The van der Waals surface area contributed by atoms with Crippen molar-refractivity contribution in [2.45, 2.75) is 13.5 Å². The normalized spacial score (nSPS) is 11.7. The lowest BCUT2D eigenvalue weighted by Gasteiger charge is -2.07. The van der Waals surface area contributed by atoms with Crippen LogP contribution in [0.15, 0.2) is 48.8 Å². The molecule has 0 unspecified atom stereocenters. The quantitative estimate of drug-likeness (QED) is 0.464. The van der Waals surface area contributed by atoms with Crippen LogP contribution < -0.4 is 9.92 Å². The van der Waals surface area contributed by atoms with Crippen LogP contribution in [0.4, 0.5) is 10.2 Å². The van der Waals surface area contributed by atoms with Gasteiger partial charge in [-0.1, -0.05) is 18.2 Å². The van der Waals surface area contributed by atoms with E-state index in [1.165, 1.54) is 19.2 Å². The summed E-state index contributed by atoms with van der Waals surface area (Å²) in [5.41, 5.74) is 7.23. The third kappa shape index (κ3) is 3.79. The van der Waals surface area contributed by atoms with Crippen LogP contribution >= 0.6 is 0 Å². The van der Waals surface area contributed by atoms with Gasteiger partial charge in [0.05, 0.1) is 23.9 Å². The van der Waals surface area contributed by atoms with Crippen LogP contribution in [0.3, 0.4) is 0 Å². The fourth-order valence-corrected chi connectivity index (χ4v) is 3.35. The fourth-order valence-electron chi connectivity index (χ4n) is 2.83. The molecule has 0 radical (unpaired) electrons. The van der Waals surface area contributed by atoms with Crippen LogP contribution in [0.1, 0.15) is 12.5 Å². The van der Waals surface area contributed by atoms with E-state index in [1.807, 2.05) is 0 Å². The minimum absolute atomic E-state index is 0.141. The average Bonchev–Trinajstić information content (AvgIpc) is 3.10. The van der Waals surface area contributed by atoms with E-state index in [1.54, 1.807) is 41.2 Å². The number of pyridine rings is 1. The van der Waals surface area contributed by atoms with Gasteiger partial charge in [0.2, 0.25) is 5.75 Å². The van der Waals surface area contributed by atoms with Crippen molar-refractivity contribution in [3.63, 3.8) is 0 Å². The van der Waals surface area contributed by atoms with Crippen LogP contribution in [0.2, 0.25) is 0 Å². The molecule has 2 N–H and O–H groups in total. The Morgan fingerprint density at radius 1 is 1.17 bits per heavy atom. The predicted octanol–water partition coefficient (Wildman–Crippen LogP) is 2.39. The number of nitrogens with two attached hydrogens (primary N) is 1. The number of nitrogen functional groups attached to an aromatic ring is 1. The summed E-state index contributed by atoms with van der Waals surface area (Å²) in [6.07, 6.45) is 2.79. The number of aromatic nitrogens is 5. The van der Waals surface area contributed by atoms with E-state index in [4.69, 9.17) is 9.92 Å². The number of fused-ring (bicyclic) bond motifs is 1. The van der Waals surface area contributed by atoms with Crippen LogP contribution in [-0.2, 0) is 16.7 Å². The molecule has 0 fully saturated rings. The number of hydrogen-bond acceptors (Lipinski definition) is 8. The molecule has 1 aromatic carbocycles. The number of halogens is 1. The summed E-state index contributed by atoms with van der Waals surface area (Å²) in [5, 5.41) is 5.15. The molecule has 0 spiro atoms. The van der Waals surface area contributed by atoms with Gasteiger partial charge in [0.15, 0.2) is 17.3 Å². The van der Waals surface area contributed by atoms with Crippen molar-refractivity contribution in [3.05, 3.63) is 60.2 Å². The SMILES string of the molecule is CCS(=O)(=O)Oc1cnc(-c2nn(Cc3ccccc3F)c3ncccc23)nc1N. The van der Waals surface area contributed by atoms with Crippen molar-refractivity contribution in [2.24, 2.45) is 0 Å². The molecular formula is C19H17FN6O3S. The summed E-state index contributed by atoms with van der Waals surface area (Å²) in [6, 6.07) is 9.92. The fraction of sp³-hybridized carbons (Fsp3) is 0.158. The molecular weight excluding hydrogens is 411 g/mol. The van der Waals surface area contributed by atoms with Gasteiger partial charge in [-0.15, -0.1) is 0 Å². The molecule has 11 heteroatoms. The number of anilines is 1. The van der Waals surface area contributed by atoms with E-state index in [0.29, 0.717) is 22.3 Å². The van der Waals surface area contributed by atoms with Gasteiger partial charge in [-0.05, 0) is 25.1 Å². The smallest absolute Gasteiger partial charge is 0.309 e. The lowest BCUT2D eigenvalue weighted by molar-refractivity contribution is 0.486. The zero-order valence-electron chi connectivity index (χ0n) is 15.9. The first-order valence-corrected chi connectivity index (χ1v) is 10.6. The van der Waals surface area contributed by atoms with E-state index in [9.17, 15) is 12.8 Å². The lowest BCUT2D eigenvalue weighted by atomic mass is 10.2. The molecule has 4 rings (SSSR count). The predicted molar refractivity (Wildman–Crippen MR) is 109 cm³/mol. The Kier molecular flexibility index (Phi) is 5.04. The topological polar surface area (TPSA) is 126 Å². The zero-order chi connectivity index (χ0) is 21.3. The molecule has 0 aliphatic rings. The lowest BCUT2D eigenvalue weighted by Crippen LogP contribution is -2.13. The maximum absolute atomic E-state index is 14.1. The van der Waals surface area contributed by atoms with Gasteiger partial charge >= 0.3 is 10.1 Å². The van der Waals surface area contributed by atoms with Crippen molar-refractivity contribution < 1.29 is 17.0 Å². The van der Waals surface area contributed by atoms with E-state index in [2.05, 4.69) is 20.1 Å². The first-order chi connectivity index (χ1) is 14.4. The first kappa shape index (κ1) is 19.7. The second kappa shape index (κ2) is 7.67. The van der Waals surface area contributed by atoms with Crippen molar-refractivity contribution in [2.75, 3.05) is 11.5 Å². The summed E-state index contributed by atoms with van der Waals surface area (Å²) in [7, 11) is -3.77. The Morgan fingerprint density at radius 2 is 1.97 bits per heavy atom. The molecule has 9 nitrogen and oxygen atoms in total. The standard InChI is InChI=1S/C19H17FN6O3S/c1-2-30(27,28)29-15-10-23-18(24-17(15)21)16-13-7-5-9-22-19(13)26(25-16)11-12-6-3-4-8-14(12)20/h3-10H,2,11H2,1H3,(H2,21,23,24). The molecule has 3 heterocycles. The zero-order valence-corrected chi connectivity index (χ0v) is 16.7. The second-order valence-corrected chi connectivity index (χ2v) is 8.20. The van der Waals surface area contributed by atoms with E-state index in [-0.39, 0.29) is 35.5 Å². The minimum atomic E-state index is -3.77.